The number of nitrogens with one attached hydrogen (secondary N) is 1. The van der Waals surface area contributed by atoms with Crippen molar-refractivity contribution in [2.45, 2.75) is 33.4 Å². The fourth-order valence-electron chi connectivity index (χ4n) is 3.17. The summed E-state index contributed by atoms with van der Waals surface area (Å²) in [6.07, 6.45) is 1.20. The van der Waals surface area contributed by atoms with Gasteiger partial charge in [0.05, 0.1) is 11.2 Å². The van der Waals surface area contributed by atoms with Gasteiger partial charge in [-0.05, 0) is 45.3 Å². The first-order chi connectivity index (χ1) is 11.1. The van der Waals surface area contributed by atoms with Gasteiger partial charge in [-0.2, -0.15) is 0 Å². The lowest BCUT2D eigenvalue weighted by molar-refractivity contribution is 0.219. The Kier molecular flexibility index (Phi) is 5.41. The number of rotatable bonds is 6. The maximum atomic E-state index is 14.2. The molecule has 0 saturated carbocycles. The molecule has 0 radical (unpaired) electrons. The van der Waals surface area contributed by atoms with Crippen LogP contribution in [0.2, 0.25) is 0 Å². The molecule has 1 aliphatic heterocycles. The Morgan fingerprint density at radius 2 is 2.22 bits per heavy atom. The van der Waals surface area contributed by atoms with E-state index in [0.717, 1.165) is 43.0 Å². The van der Waals surface area contributed by atoms with Gasteiger partial charge in [0.25, 0.3) is 0 Å². The first-order valence-electron chi connectivity index (χ1n) is 8.19. The van der Waals surface area contributed by atoms with Crippen molar-refractivity contribution in [2.24, 2.45) is 5.92 Å². The van der Waals surface area contributed by atoms with Crippen LogP contribution < -0.4 is 5.32 Å². The van der Waals surface area contributed by atoms with Crippen molar-refractivity contribution in [1.29, 1.82) is 0 Å². The number of thiazole rings is 1. The minimum atomic E-state index is -0.105. The molecule has 124 valence electrons. The van der Waals surface area contributed by atoms with Gasteiger partial charge in [0, 0.05) is 30.1 Å². The van der Waals surface area contributed by atoms with Crippen molar-refractivity contribution in [2.75, 3.05) is 19.6 Å². The summed E-state index contributed by atoms with van der Waals surface area (Å²) in [6, 6.07) is 5.38. The summed E-state index contributed by atoms with van der Waals surface area (Å²) < 4.78 is 14.2. The van der Waals surface area contributed by atoms with Crippen LogP contribution in [0.15, 0.2) is 23.7 Å². The standard InChI is InChI=1S/C18H24FN3S/c1-13-3-4-17(19)16(7-13)10-22(9-15-5-6-20-8-15)11-18-14(2)21-12-23-18/h3-4,7,12,15,20H,5-6,8-11H2,1-2H3/t15-/m1/s1. The summed E-state index contributed by atoms with van der Waals surface area (Å²) in [6.45, 7) is 8.72. The summed E-state index contributed by atoms with van der Waals surface area (Å²) >= 11 is 1.69. The second-order valence-electron chi connectivity index (χ2n) is 6.48. The van der Waals surface area contributed by atoms with Crippen LogP contribution in [0.1, 0.15) is 28.1 Å². The van der Waals surface area contributed by atoms with Crippen LogP contribution in [0.25, 0.3) is 0 Å². The molecule has 2 aromatic rings. The number of hydrogen-bond donors (Lipinski definition) is 1. The molecular weight excluding hydrogens is 309 g/mol. The Hall–Kier alpha value is -1.30. The molecule has 3 nitrogen and oxygen atoms in total. The molecule has 0 bridgehead atoms. The maximum Gasteiger partial charge on any atom is 0.127 e. The number of benzene rings is 1. The molecule has 5 heteroatoms. The summed E-state index contributed by atoms with van der Waals surface area (Å²) in [5.41, 5.74) is 4.89. The van der Waals surface area contributed by atoms with Gasteiger partial charge in [0.15, 0.2) is 0 Å². The fraction of sp³-hybridized carbons (Fsp3) is 0.500. The number of nitrogens with zero attached hydrogens (tertiary/aromatic N) is 2. The van der Waals surface area contributed by atoms with Crippen molar-refractivity contribution in [3.63, 3.8) is 0 Å². The van der Waals surface area contributed by atoms with Crippen molar-refractivity contribution in [3.8, 4) is 0 Å². The van der Waals surface area contributed by atoms with Crippen LogP contribution in [0, 0.1) is 25.6 Å². The Balaban J connectivity index is 1.76. The molecule has 3 rings (SSSR count). The van der Waals surface area contributed by atoms with E-state index in [1.165, 1.54) is 11.3 Å². The highest BCUT2D eigenvalue weighted by atomic mass is 32.1. The summed E-state index contributed by atoms with van der Waals surface area (Å²) in [7, 11) is 0. The lowest BCUT2D eigenvalue weighted by Gasteiger charge is -2.25. The van der Waals surface area contributed by atoms with Crippen LogP contribution in [0.3, 0.4) is 0 Å². The van der Waals surface area contributed by atoms with Crippen LogP contribution in [-0.2, 0) is 13.1 Å². The molecule has 1 aromatic carbocycles. The predicted octanol–water partition coefficient (Wildman–Crippen LogP) is 3.51. The molecule has 1 aromatic heterocycles. The lowest BCUT2D eigenvalue weighted by Crippen LogP contribution is -2.30. The molecule has 1 atom stereocenters. The third-order valence-electron chi connectivity index (χ3n) is 4.49. The van der Waals surface area contributed by atoms with E-state index in [1.54, 1.807) is 17.4 Å². The van der Waals surface area contributed by atoms with Crippen LogP contribution in [-0.4, -0.2) is 29.5 Å². The number of halogens is 1. The highest BCUT2D eigenvalue weighted by Crippen LogP contribution is 2.21. The van der Waals surface area contributed by atoms with E-state index in [9.17, 15) is 4.39 Å². The molecule has 0 amide bonds. The predicted molar refractivity (Wildman–Crippen MR) is 93.1 cm³/mol. The molecule has 0 unspecified atom stereocenters. The second kappa shape index (κ2) is 7.51. The van der Waals surface area contributed by atoms with E-state index in [0.29, 0.717) is 12.5 Å². The zero-order valence-corrected chi connectivity index (χ0v) is 14.6. The highest BCUT2D eigenvalue weighted by Gasteiger charge is 2.20. The van der Waals surface area contributed by atoms with Gasteiger partial charge in [-0.3, -0.25) is 4.90 Å². The van der Waals surface area contributed by atoms with Crippen molar-refractivity contribution < 1.29 is 4.39 Å². The lowest BCUT2D eigenvalue weighted by atomic mass is 10.1. The zero-order chi connectivity index (χ0) is 16.2. The Labute approximate surface area is 141 Å². The molecule has 1 aliphatic rings. The Morgan fingerprint density at radius 3 is 2.91 bits per heavy atom. The fourth-order valence-corrected chi connectivity index (χ4v) is 3.99. The number of hydrogen-bond acceptors (Lipinski definition) is 4. The van der Waals surface area contributed by atoms with Gasteiger partial charge in [-0.15, -0.1) is 11.3 Å². The van der Waals surface area contributed by atoms with E-state index in [2.05, 4.69) is 15.2 Å². The van der Waals surface area contributed by atoms with Crippen molar-refractivity contribution in [3.05, 3.63) is 51.2 Å². The third-order valence-corrected chi connectivity index (χ3v) is 5.41. The quantitative estimate of drug-likeness (QED) is 0.877. The highest BCUT2D eigenvalue weighted by molar-refractivity contribution is 7.09. The van der Waals surface area contributed by atoms with E-state index >= 15 is 0 Å². The van der Waals surface area contributed by atoms with Crippen molar-refractivity contribution in [1.82, 2.24) is 15.2 Å². The van der Waals surface area contributed by atoms with Crippen LogP contribution in [0.4, 0.5) is 4.39 Å². The summed E-state index contributed by atoms with van der Waals surface area (Å²) in [5, 5.41) is 3.42. The second-order valence-corrected chi connectivity index (χ2v) is 7.42. The summed E-state index contributed by atoms with van der Waals surface area (Å²) in [5.74, 6) is 0.544. The van der Waals surface area contributed by atoms with E-state index in [-0.39, 0.29) is 5.82 Å². The zero-order valence-electron chi connectivity index (χ0n) is 13.8. The average molecular weight is 333 g/mol. The average Bonchev–Trinajstić information content (AvgIpc) is 3.16. The van der Waals surface area contributed by atoms with E-state index in [4.69, 9.17) is 0 Å². The van der Waals surface area contributed by atoms with Crippen LogP contribution in [0.5, 0.6) is 0 Å². The van der Waals surface area contributed by atoms with Gasteiger partial charge < -0.3 is 5.32 Å². The van der Waals surface area contributed by atoms with Crippen molar-refractivity contribution >= 4 is 11.3 Å². The largest absolute Gasteiger partial charge is 0.316 e. The Morgan fingerprint density at radius 1 is 1.35 bits per heavy atom. The van der Waals surface area contributed by atoms with Gasteiger partial charge in [-0.25, -0.2) is 9.37 Å². The number of aryl methyl sites for hydroxylation is 2. The maximum absolute atomic E-state index is 14.2. The third kappa shape index (κ3) is 4.37. The monoisotopic (exact) mass is 333 g/mol. The first kappa shape index (κ1) is 16.6. The van der Waals surface area contributed by atoms with E-state index < -0.39 is 0 Å². The van der Waals surface area contributed by atoms with Gasteiger partial charge in [0.2, 0.25) is 0 Å². The number of aromatic nitrogens is 1. The molecule has 0 aliphatic carbocycles. The molecular formula is C18H24FN3S. The molecule has 0 spiro atoms. The minimum Gasteiger partial charge on any atom is -0.316 e. The van der Waals surface area contributed by atoms with Gasteiger partial charge >= 0.3 is 0 Å². The molecule has 1 fully saturated rings. The minimum absolute atomic E-state index is 0.105. The first-order valence-corrected chi connectivity index (χ1v) is 9.07. The molecule has 1 saturated heterocycles. The molecule has 2 heterocycles. The van der Waals surface area contributed by atoms with E-state index in [1.807, 2.05) is 31.5 Å². The topological polar surface area (TPSA) is 28.2 Å². The normalized spacial score (nSPS) is 18.0. The van der Waals surface area contributed by atoms with Gasteiger partial charge in [-0.1, -0.05) is 17.7 Å². The summed E-state index contributed by atoms with van der Waals surface area (Å²) in [4.78, 5) is 8.00. The van der Waals surface area contributed by atoms with Gasteiger partial charge in [0.1, 0.15) is 5.82 Å². The molecule has 23 heavy (non-hydrogen) atoms. The van der Waals surface area contributed by atoms with Crippen LogP contribution >= 0.6 is 11.3 Å². The SMILES string of the molecule is Cc1ccc(F)c(CN(Cc2scnc2C)C[C@@H]2CCNC2)c1. The molecule has 1 N–H and O–H groups in total. The Bertz CT molecular complexity index is 649. The smallest absolute Gasteiger partial charge is 0.127 e.